The topological polar surface area (TPSA) is 16.1 Å². The molecule has 1 unspecified atom stereocenters. The highest BCUT2D eigenvalue weighted by atomic mass is 15.2. The highest BCUT2D eigenvalue weighted by molar-refractivity contribution is 5.71. The highest BCUT2D eigenvalue weighted by Crippen LogP contribution is 2.43. The Bertz CT molecular complexity index is 681. The first-order chi connectivity index (χ1) is 9.84. The van der Waals surface area contributed by atoms with E-state index in [4.69, 9.17) is 4.11 Å². The molecule has 2 heterocycles. The lowest BCUT2D eigenvalue weighted by atomic mass is 9.88. The summed E-state index contributed by atoms with van der Waals surface area (Å²) in [6.45, 7) is 2.19. The van der Waals surface area contributed by atoms with Gasteiger partial charge in [-0.25, -0.2) is 4.98 Å². The molecule has 92 valence electrons. The number of para-hydroxylation sites is 1. The average Bonchev–Trinajstić information content (AvgIpc) is 2.74. The molecule has 18 heavy (non-hydrogen) atoms. The van der Waals surface area contributed by atoms with E-state index in [0.29, 0.717) is 6.54 Å². The Morgan fingerprint density at radius 1 is 1.28 bits per heavy atom. The highest BCUT2D eigenvalue weighted by Gasteiger charge is 2.36. The van der Waals surface area contributed by atoms with E-state index in [2.05, 4.69) is 4.98 Å². The summed E-state index contributed by atoms with van der Waals surface area (Å²) in [5.74, 6) is 0.755. The number of benzene rings is 1. The number of aryl methyl sites for hydroxylation is 1. The van der Waals surface area contributed by atoms with Crippen LogP contribution in [0.1, 0.15) is 29.0 Å². The lowest BCUT2D eigenvalue weighted by molar-refractivity contribution is 0.569. The minimum Gasteiger partial charge on any atom is -0.325 e. The largest absolute Gasteiger partial charge is 0.325 e. The molecule has 0 aliphatic carbocycles. The second-order valence-electron chi connectivity index (χ2n) is 5.08. The van der Waals surface area contributed by atoms with Crippen LogP contribution in [0.5, 0.6) is 0 Å². The number of hydrogen-bond acceptors (Lipinski definition) is 2. The smallest absolute Gasteiger partial charge is 0.136 e. The molecule has 1 aliphatic rings. The Morgan fingerprint density at radius 2 is 2.11 bits per heavy atom. The monoisotopic (exact) mass is 241 g/mol. The summed E-state index contributed by atoms with van der Waals surface area (Å²) in [7, 11) is 0. The van der Waals surface area contributed by atoms with Crippen LogP contribution in [0.4, 0.5) is 11.5 Å². The van der Waals surface area contributed by atoms with Crippen molar-refractivity contribution in [3.05, 3.63) is 53.7 Å². The fraction of sp³-hybridized carbons (Fsp3) is 0.312. The van der Waals surface area contributed by atoms with Crippen molar-refractivity contribution in [3.63, 3.8) is 0 Å². The predicted octanol–water partition coefficient (Wildman–Crippen LogP) is 3.82. The van der Waals surface area contributed by atoms with Crippen LogP contribution in [0.15, 0.2) is 42.6 Å². The van der Waals surface area contributed by atoms with E-state index >= 15 is 0 Å². The van der Waals surface area contributed by atoms with Gasteiger partial charge in [0.15, 0.2) is 0 Å². The third-order valence-corrected chi connectivity index (χ3v) is 3.52. The fourth-order valence-corrected chi connectivity index (χ4v) is 2.58. The lowest BCUT2D eigenvalue weighted by Gasteiger charge is -2.23. The predicted molar refractivity (Wildman–Crippen MR) is 75.4 cm³/mol. The maximum absolute atomic E-state index is 7.94. The van der Waals surface area contributed by atoms with E-state index in [1.807, 2.05) is 48.2 Å². The van der Waals surface area contributed by atoms with Crippen LogP contribution in [-0.2, 0) is 5.41 Å². The molecule has 0 radical (unpaired) electrons. The van der Waals surface area contributed by atoms with E-state index in [-0.39, 0.29) is 0 Å². The first-order valence-electron chi connectivity index (χ1n) is 7.63. The first-order valence-corrected chi connectivity index (χ1v) is 6.13. The van der Waals surface area contributed by atoms with Gasteiger partial charge in [0.25, 0.3) is 0 Å². The molecule has 2 nitrogen and oxygen atoms in total. The maximum Gasteiger partial charge on any atom is 0.136 e. The van der Waals surface area contributed by atoms with Crippen molar-refractivity contribution in [1.29, 1.82) is 0 Å². The molecule has 0 N–H and O–H groups in total. The van der Waals surface area contributed by atoms with Gasteiger partial charge in [-0.3, -0.25) is 0 Å². The first kappa shape index (κ1) is 8.30. The summed E-state index contributed by atoms with van der Waals surface area (Å²) in [6, 6.07) is 11.7. The molecule has 0 fully saturated rings. The van der Waals surface area contributed by atoms with E-state index in [1.54, 1.807) is 13.1 Å². The number of aromatic nitrogens is 1. The van der Waals surface area contributed by atoms with Crippen LogP contribution in [-0.4, -0.2) is 11.5 Å². The minimum atomic E-state index is -2.07. The van der Waals surface area contributed by atoms with E-state index in [9.17, 15) is 0 Å². The normalized spacial score (nSPS) is 25.2. The van der Waals surface area contributed by atoms with E-state index in [1.165, 1.54) is 0 Å². The number of hydrogen-bond donors (Lipinski definition) is 0. The summed E-state index contributed by atoms with van der Waals surface area (Å²) in [5.41, 5.74) is 2.03. The van der Waals surface area contributed by atoms with Crippen molar-refractivity contribution >= 4 is 11.5 Å². The number of rotatable bonds is 1. The van der Waals surface area contributed by atoms with Crippen molar-refractivity contribution in [3.8, 4) is 0 Å². The Balaban J connectivity index is 2.18. The number of anilines is 2. The van der Waals surface area contributed by atoms with Crippen molar-refractivity contribution in [2.45, 2.75) is 26.1 Å². The van der Waals surface area contributed by atoms with Gasteiger partial charge in [-0.05, 0) is 24.6 Å². The molecule has 0 spiro atoms. The standard InChI is InChI=1S/C16H18N2/c1-12-7-4-5-9-14(12)18-11-16(2,3)13-8-6-10-17-15(13)18/h4-10H,11H2,1-3H3/i2D3. The Morgan fingerprint density at radius 3 is 2.89 bits per heavy atom. The third kappa shape index (κ3) is 1.60. The molecule has 1 aromatic carbocycles. The fourth-order valence-electron chi connectivity index (χ4n) is 2.58. The number of fused-ring (bicyclic) bond motifs is 1. The SMILES string of the molecule is [2H]C([2H])([2H])C1(C)CN(c2ccccc2C)c2ncccc21. The summed E-state index contributed by atoms with van der Waals surface area (Å²) in [5, 5.41) is 0. The lowest BCUT2D eigenvalue weighted by Crippen LogP contribution is -2.25. The van der Waals surface area contributed by atoms with Gasteiger partial charge in [0.05, 0.1) is 0 Å². The third-order valence-electron chi connectivity index (χ3n) is 3.52. The van der Waals surface area contributed by atoms with Crippen LogP contribution in [0, 0.1) is 6.92 Å². The van der Waals surface area contributed by atoms with Gasteiger partial charge in [0.2, 0.25) is 0 Å². The van der Waals surface area contributed by atoms with Gasteiger partial charge in [-0.15, -0.1) is 0 Å². The van der Waals surface area contributed by atoms with Gasteiger partial charge in [-0.2, -0.15) is 0 Å². The Kier molecular flexibility index (Phi) is 1.77. The van der Waals surface area contributed by atoms with Crippen LogP contribution in [0.25, 0.3) is 0 Å². The average molecular weight is 241 g/mol. The molecule has 0 saturated carbocycles. The van der Waals surface area contributed by atoms with E-state index < -0.39 is 12.3 Å². The van der Waals surface area contributed by atoms with Crippen LogP contribution >= 0.6 is 0 Å². The molecule has 0 amide bonds. The summed E-state index contributed by atoms with van der Waals surface area (Å²) in [4.78, 5) is 6.47. The van der Waals surface area contributed by atoms with Crippen molar-refractivity contribution in [2.24, 2.45) is 0 Å². The Labute approximate surface area is 113 Å². The van der Waals surface area contributed by atoms with Crippen molar-refractivity contribution in [2.75, 3.05) is 11.4 Å². The molecular weight excluding hydrogens is 220 g/mol. The molecule has 1 atom stereocenters. The minimum absolute atomic E-state index is 0.417. The van der Waals surface area contributed by atoms with Crippen LogP contribution < -0.4 is 4.90 Å². The van der Waals surface area contributed by atoms with Gasteiger partial charge < -0.3 is 4.90 Å². The van der Waals surface area contributed by atoms with Gasteiger partial charge in [0, 0.05) is 33.5 Å². The zero-order valence-electron chi connectivity index (χ0n) is 13.6. The van der Waals surface area contributed by atoms with Gasteiger partial charge in [-0.1, -0.05) is 38.0 Å². The molecule has 0 bridgehead atoms. The van der Waals surface area contributed by atoms with Crippen LogP contribution in [0.3, 0.4) is 0 Å². The van der Waals surface area contributed by atoms with Gasteiger partial charge >= 0.3 is 0 Å². The summed E-state index contributed by atoms with van der Waals surface area (Å²) >= 11 is 0. The molecule has 1 aromatic heterocycles. The molecule has 1 aliphatic heterocycles. The molecular formula is C16H18N2. The second kappa shape index (κ2) is 3.84. The summed E-state index contributed by atoms with van der Waals surface area (Å²) in [6.07, 6.45) is 1.72. The summed E-state index contributed by atoms with van der Waals surface area (Å²) < 4.78 is 23.8. The molecule has 3 rings (SSSR count). The zero-order chi connectivity index (χ0) is 15.3. The Hall–Kier alpha value is -1.83. The number of pyridine rings is 1. The molecule has 0 saturated heterocycles. The molecule has 2 heteroatoms. The zero-order valence-corrected chi connectivity index (χ0v) is 10.6. The molecule has 2 aromatic rings. The van der Waals surface area contributed by atoms with Gasteiger partial charge in [0.1, 0.15) is 5.82 Å². The van der Waals surface area contributed by atoms with Crippen molar-refractivity contribution < 1.29 is 4.11 Å². The number of nitrogens with zero attached hydrogens (tertiary/aromatic N) is 2. The van der Waals surface area contributed by atoms with Crippen LogP contribution in [0.2, 0.25) is 0 Å². The maximum atomic E-state index is 7.94. The van der Waals surface area contributed by atoms with Crippen molar-refractivity contribution in [1.82, 2.24) is 4.98 Å². The van der Waals surface area contributed by atoms with E-state index in [0.717, 1.165) is 22.6 Å². The second-order valence-corrected chi connectivity index (χ2v) is 5.08. The quantitative estimate of drug-likeness (QED) is 0.754.